The summed E-state index contributed by atoms with van der Waals surface area (Å²) in [6.45, 7) is 5.98. The molecule has 3 heterocycles. The normalized spacial score (nSPS) is 15.5. The topological polar surface area (TPSA) is 103 Å². The minimum absolute atomic E-state index is 0.221. The average molecular weight is 405 g/mol. The molecule has 0 radical (unpaired) electrons. The number of cyclic esters (lactones) is 2. The number of benzene rings is 1. The van der Waals surface area contributed by atoms with E-state index >= 15 is 0 Å². The highest BCUT2D eigenvalue weighted by Crippen LogP contribution is 2.32. The Balaban J connectivity index is 1.87. The molecule has 1 N–H and O–H groups in total. The number of aromatic nitrogens is 3. The fourth-order valence-corrected chi connectivity index (χ4v) is 3.50. The Kier molecular flexibility index (Phi) is 4.83. The number of ether oxygens (including phenoxy) is 2. The first-order chi connectivity index (χ1) is 14.4. The SMILES string of the molecule is C=CCn1cc(C(=O)C2(Cc3nc[nH]c3C)OC(=O)C=CC(=O)O2)c2ccccc21. The molecule has 0 aliphatic carbocycles. The van der Waals surface area contributed by atoms with Crippen LogP contribution in [0.1, 0.15) is 21.7 Å². The molecule has 0 atom stereocenters. The van der Waals surface area contributed by atoms with Gasteiger partial charge in [0, 0.05) is 41.5 Å². The van der Waals surface area contributed by atoms with Crippen LogP contribution in [0.15, 0.2) is 61.6 Å². The second kappa shape index (κ2) is 7.47. The number of nitrogens with one attached hydrogen (secondary N) is 1. The molecule has 8 heteroatoms. The lowest BCUT2D eigenvalue weighted by Gasteiger charge is -2.29. The van der Waals surface area contributed by atoms with Crippen LogP contribution in [0.5, 0.6) is 0 Å². The zero-order valence-electron chi connectivity index (χ0n) is 16.3. The lowest BCUT2D eigenvalue weighted by atomic mass is 9.97. The molecular weight excluding hydrogens is 386 g/mol. The van der Waals surface area contributed by atoms with Gasteiger partial charge in [-0.2, -0.15) is 0 Å². The van der Waals surface area contributed by atoms with Gasteiger partial charge < -0.3 is 19.0 Å². The first-order valence-corrected chi connectivity index (χ1v) is 9.30. The molecular formula is C22H19N3O5. The van der Waals surface area contributed by atoms with Crippen molar-refractivity contribution in [2.45, 2.75) is 25.7 Å². The number of aromatic amines is 1. The molecule has 0 saturated carbocycles. The zero-order valence-corrected chi connectivity index (χ0v) is 16.3. The highest BCUT2D eigenvalue weighted by molar-refractivity contribution is 6.13. The van der Waals surface area contributed by atoms with E-state index in [0.717, 1.165) is 17.7 Å². The third kappa shape index (κ3) is 3.32. The van der Waals surface area contributed by atoms with E-state index in [1.807, 2.05) is 16.7 Å². The molecule has 0 saturated heterocycles. The summed E-state index contributed by atoms with van der Waals surface area (Å²) in [6.07, 6.45) is 6.47. The number of para-hydroxylation sites is 1. The first kappa shape index (κ1) is 19.4. The van der Waals surface area contributed by atoms with Gasteiger partial charge in [-0.05, 0) is 13.0 Å². The number of hydrogen-bond donors (Lipinski definition) is 1. The number of rotatable bonds is 6. The number of ketones is 1. The largest absolute Gasteiger partial charge is 0.411 e. The van der Waals surface area contributed by atoms with Crippen LogP contribution in [-0.4, -0.2) is 38.0 Å². The summed E-state index contributed by atoms with van der Waals surface area (Å²) in [5.41, 5.74) is 2.18. The van der Waals surface area contributed by atoms with Gasteiger partial charge in [0.25, 0.3) is 0 Å². The highest BCUT2D eigenvalue weighted by atomic mass is 16.7. The molecule has 0 bridgehead atoms. The summed E-state index contributed by atoms with van der Waals surface area (Å²) in [4.78, 5) is 45.3. The van der Waals surface area contributed by atoms with Gasteiger partial charge in [-0.1, -0.05) is 24.3 Å². The molecule has 30 heavy (non-hydrogen) atoms. The summed E-state index contributed by atoms with van der Waals surface area (Å²) < 4.78 is 12.7. The van der Waals surface area contributed by atoms with E-state index < -0.39 is 23.5 Å². The van der Waals surface area contributed by atoms with Crippen LogP contribution < -0.4 is 0 Å². The van der Waals surface area contributed by atoms with Crippen LogP contribution in [0, 0.1) is 6.92 Å². The number of hydrogen-bond acceptors (Lipinski definition) is 6. The first-order valence-electron chi connectivity index (χ1n) is 9.30. The summed E-state index contributed by atoms with van der Waals surface area (Å²) in [5, 5.41) is 0.645. The van der Waals surface area contributed by atoms with Crippen LogP contribution in [0.2, 0.25) is 0 Å². The van der Waals surface area contributed by atoms with E-state index in [-0.39, 0.29) is 12.0 Å². The maximum absolute atomic E-state index is 13.8. The van der Waals surface area contributed by atoms with Crippen molar-refractivity contribution in [1.29, 1.82) is 0 Å². The average Bonchev–Trinajstić information content (AvgIpc) is 3.25. The Hall–Kier alpha value is -3.94. The second-order valence-electron chi connectivity index (χ2n) is 6.91. The van der Waals surface area contributed by atoms with Crippen molar-refractivity contribution in [3.8, 4) is 0 Å². The third-order valence-corrected chi connectivity index (χ3v) is 4.93. The molecule has 4 rings (SSSR count). The number of imidazole rings is 1. The van der Waals surface area contributed by atoms with Crippen LogP contribution in [0.3, 0.4) is 0 Å². The zero-order chi connectivity index (χ0) is 21.3. The van der Waals surface area contributed by atoms with Crippen LogP contribution in [-0.2, 0) is 32.0 Å². The maximum atomic E-state index is 13.8. The van der Waals surface area contributed by atoms with E-state index in [4.69, 9.17) is 9.47 Å². The van der Waals surface area contributed by atoms with E-state index in [0.29, 0.717) is 23.3 Å². The van der Waals surface area contributed by atoms with Crippen molar-refractivity contribution in [1.82, 2.24) is 14.5 Å². The molecule has 152 valence electrons. The van der Waals surface area contributed by atoms with E-state index in [1.54, 1.807) is 31.3 Å². The van der Waals surface area contributed by atoms with Crippen molar-refractivity contribution in [3.05, 3.63) is 78.5 Å². The van der Waals surface area contributed by atoms with Gasteiger partial charge in [-0.15, -0.1) is 6.58 Å². The predicted octanol–water partition coefficient (Wildman–Crippen LogP) is 2.64. The molecule has 1 aromatic carbocycles. The Bertz CT molecular complexity index is 1180. The molecule has 8 nitrogen and oxygen atoms in total. The van der Waals surface area contributed by atoms with E-state index in [1.165, 1.54) is 6.33 Å². The Labute approximate surface area is 171 Å². The smallest absolute Gasteiger partial charge is 0.334 e. The Morgan fingerprint density at radius 3 is 2.57 bits per heavy atom. The van der Waals surface area contributed by atoms with Crippen molar-refractivity contribution >= 4 is 28.6 Å². The third-order valence-electron chi connectivity index (χ3n) is 4.93. The Morgan fingerprint density at radius 2 is 1.93 bits per heavy atom. The standard InChI is InChI=1S/C22H19N3O5/c1-3-10-25-12-16(15-6-4-5-7-18(15)25)21(28)22(11-17-14(2)23-13-24-17)29-19(26)8-9-20(27)30-22/h3-9,12-13H,1,10-11H2,2H3,(H,23,24). The number of Topliss-reactive ketones (excluding diaryl/α,β-unsaturated/α-hetero) is 1. The highest BCUT2D eigenvalue weighted by Gasteiger charge is 2.49. The van der Waals surface area contributed by atoms with Gasteiger partial charge >= 0.3 is 17.7 Å². The number of esters is 2. The van der Waals surface area contributed by atoms with E-state index in [2.05, 4.69) is 16.5 Å². The molecule has 1 aliphatic heterocycles. The second-order valence-corrected chi connectivity index (χ2v) is 6.91. The van der Waals surface area contributed by atoms with Crippen LogP contribution >= 0.6 is 0 Å². The summed E-state index contributed by atoms with van der Waals surface area (Å²) in [5.74, 6) is -4.52. The van der Waals surface area contributed by atoms with E-state index in [9.17, 15) is 14.4 Å². The number of carbonyl (C=O) groups is 3. The molecule has 0 amide bonds. The molecule has 0 spiro atoms. The maximum Gasteiger partial charge on any atom is 0.334 e. The van der Waals surface area contributed by atoms with Crippen molar-refractivity contribution in [3.63, 3.8) is 0 Å². The fraction of sp³-hybridized carbons (Fsp3) is 0.182. The molecule has 2 aromatic heterocycles. The number of H-pyrrole nitrogens is 1. The van der Waals surface area contributed by atoms with Gasteiger partial charge in [0.1, 0.15) is 0 Å². The number of fused-ring (bicyclic) bond motifs is 1. The predicted molar refractivity (Wildman–Crippen MR) is 108 cm³/mol. The summed E-state index contributed by atoms with van der Waals surface area (Å²) in [6, 6.07) is 7.31. The molecule has 0 fully saturated rings. The van der Waals surface area contributed by atoms with Gasteiger partial charge in [-0.3, -0.25) is 4.79 Å². The lowest BCUT2D eigenvalue weighted by molar-refractivity contribution is -0.201. The van der Waals surface area contributed by atoms with Crippen LogP contribution in [0.25, 0.3) is 10.9 Å². The van der Waals surface area contributed by atoms with Gasteiger partial charge in [0.2, 0.25) is 5.78 Å². The molecule has 3 aromatic rings. The number of aryl methyl sites for hydroxylation is 1. The van der Waals surface area contributed by atoms with Crippen molar-refractivity contribution in [2.24, 2.45) is 0 Å². The van der Waals surface area contributed by atoms with Crippen molar-refractivity contribution < 1.29 is 23.9 Å². The molecule has 1 aliphatic rings. The van der Waals surface area contributed by atoms with Gasteiger partial charge in [0.15, 0.2) is 0 Å². The minimum Gasteiger partial charge on any atom is -0.411 e. The number of carbonyl (C=O) groups excluding carboxylic acids is 3. The quantitative estimate of drug-likeness (QED) is 0.384. The van der Waals surface area contributed by atoms with Gasteiger partial charge in [-0.25, -0.2) is 14.6 Å². The van der Waals surface area contributed by atoms with Gasteiger partial charge in [0.05, 0.1) is 24.0 Å². The summed E-state index contributed by atoms with van der Waals surface area (Å²) >= 11 is 0. The molecule has 0 unspecified atom stereocenters. The van der Waals surface area contributed by atoms with Crippen LogP contribution in [0.4, 0.5) is 0 Å². The monoisotopic (exact) mass is 405 g/mol. The number of nitrogens with zero attached hydrogens (tertiary/aromatic N) is 2. The Morgan fingerprint density at radius 1 is 1.23 bits per heavy atom. The summed E-state index contributed by atoms with van der Waals surface area (Å²) in [7, 11) is 0. The lowest BCUT2D eigenvalue weighted by Crippen LogP contribution is -2.48. The fourth-order valence-electron chi connectivity index (χ4n) is 3.50. The number of allylic oxidation sites excluding steroid dienone is 1. The van der Waals surface area contributed by atoms with Crippen molar-refractivity contribution in [2.75, 3.05) is 0 Å². The minimum atomic E-state index is -2.18.